The number of nitrogens with one attached hydrogen (secondary N) is 2. The SMILES string of the molecule is C[C@H]1CCCC[C@H]1NC(=O)NC(=O)Cn1cnc2sc3c(c2c1=O)CCC3. The average Bonchev–Trinajstić information content (AvgIpc) is 3.20. The standard InChI is InChI=1S/C19H24N4O3S/c1-11-5-2-3-7-13(11)21-19(26)22-15(24)9-23-10-20-17-16(18(23)25)12-6-4-8-14(12)27-17/h10-11,13H,2-9H2,1H3,(H2,21,22,24,26)/t11-,13+/m0/s1. The Labute approximate surface area is 161 Å². The number of carbonyl (C=O) groups excluding carboxylic acids is 2. The minimum atomic E-state index is -0.508. The molecule has 1 saturated carbocycles. The van der Waals surface area contributed by atoms with E-state index >= 15 is 0 Å². The molecule has 27 heavy (non-hydrogen) atoms. The minimum absolute atomic E-state index is 0.0979. The predicted octanol–water partition coefficient (Wildman–Crippen LogP) is 2.35. The van der Waals surface area contributed by atoms with E-state index in [9.17, 15) is 14.4 Å². The smallest absolute Gasteiger partial charge is 0.321 e. The second kappa shape index (κ2) is 7.42. The molecule has 2 aliphatic carbocycles. The molecule has 144 valence electrons. The van der Waals surface area contributed by atoms with Crippen molar-refractivity contribution in [1.29, 1.82) is 0 Å². The molecule has 2 aromatic rings. The summed E-state index contributed by atoms with van der Waals surface area (Å²) in [4.78, 5) is 43.5. The highest BCUT2D eigenvalue weighted by Gasteiger charge is 2.24. The fourth-order valence-corrected chi connectivity index (χ4v) is 5.41. The van der Waals surface area contributed by atoms with Gasteiger partial charge in [0.1, 0.15) is 11.4 Å². The monoisotopic (exact) mass is 388 g/mol. The first-order valence-electron chi connectivity index (χ1n) is 9.63. The second-order valence-electron chi connectivity index (χ2n) is 7.60. The summed E-state index contributed by atoms with van der Waals surface area (Å²) in [7, 11) is 0. The Balaban J connectivity index is 1.43. The molecular weight excluding hydrogens is 364 g/mol. The number of aromatic nitrogens is 2. The molecule has 0 bridgehead atoms. The molecule has 8 heteroatoms. The van der Waals surface area contributed by atoms with Gasteiger partial charge in [-0.05, 0) is 43.6 Å². The van der Waals surface area contributed by atoms with Crippen LogP contribution in [0.25, 0.3) is 10.2 Å². The van der Waals surface area contributed by atoms with Crippen molar-refractivity contribution in [3.63, 3.8) is 0 Å². The van der Waals surface area contributed by atoms with E-state index in [0.717, 1.165) is 48.9 Å². The number of thiophene rings is 1. The van der Waals surface area contributed by atoms with Crippen LogP contribution in [0, 0.1) is 5.92 Å². The first-order chi connectivity index (χ1) is 13.0. The summed E-state index contributed by atoms with van der Waals surface area (Å²) in [6, 6.07) is -0.391. The Morgan fingerprint density at radius 2 is 2.07 bits per heavy atom. The van der Waals surface area contributed by atoms with Gasteiger partial charge in [-0.3, -0.25) is 19.5 Å². The summed E-state index contributed by atoms with van der Waals surface area (Å²) in [5, 5.41) is 5.87. The lowest BCUT2D eigenvalue weighted by atomic mass is 9.86. The Kier molecular flexibility index (Phi) is 4.99. The van der Waals surface area contributed by atoms with Crippen molar-refractivity contribution < 1.29 is 9.59 Å². The van der Waals surface area contributed by atoms with Crippen molar-refractivity contribution in [2.75, 3.05) is 0 Å². The van der Waals surface area contributed by atoms with E-state index in [-0.39, 0.29) is 18.1 Å². The van der Waals surface area contributed by atoms with Crippen molar-refractivity contribution in [2.24, 2.45) is 5.92 Å². The van der Waals surface area contributed by atoms with Crippen molar-refractivity contribution in [2.45, 2.75) is 64.5 Å². The molecule has 0 aliphatic heterocycles. The number of carbonyl (C=O) groups is 2. The summed E-state index contributed by atoms with van der Waals surface area (Å²) in [5.41, 5.74) is 0.891. The zero-order valence-corrected chi connectivity index (χ0v) is 16.2. The topological polar surface area (TPSA) is 93.1 Å². The van der Waals surface area contributed by atoms with Crippen LogP contribution in [0.1, 0.15) is 49.5 Å². The van der Waals surface area contributed by atoms with E-state index < -0.39 is 11.9 Å². The van der Waals surface area contributed by atoms with Gasteiger partial charge in [-0.15, -0.1) is 11.3 Å². The summed E-state index contributed by atoms with van der Waals surface area (Å²) < 4.78 is 1.29. The van der Waals surface area contributed by atoms with E-state index in [0.29, 0.717) is 11.3 Å². The lowest BCUT2D eigenvalue weighted by Gasteiger charge is -2.29. The Bertz CT molecular complexity index is 948. The zero-order valence-electron chi connectivity index (χ0n) is 15.4. The van der Waals surface area contributed by atoms with Gasteiger partial charge in [-0.1, -0.05) is 19.8 Å². The number of amides is 3. The molecule has 2 aromatic heterocycles. The first kappa shape index (κ1) is 18.2. The summed E-state index contributed by atoms with van der Waals surface area (Å²) in [6.45, 7) is 1.91. The van der Waals surface area contributed by atoms with Crippen LogP contribution in [0.2, 0.25) is 0 Å². The molecule has 2 atom stereocenters. The zero-order chi connectivity index (χ0) is 19.0. The Morgan fingerprint density at radius 1 is 1.26 bits per heavy atom. The predicted molar refractivity (Wildman–Crippen MR) is 104 cm³/mol. The molecule has 7 nitrogen and oxygen atoms in total. The van der Waals surface area contributed by atoms with E-state index in [2.05, 4.69) is 22.5 Å². The fraction of sp³-hybridized carbons (Fsp3) is 0.579. The third kappa shape index (κ3) is 3.63. The molecule has 2 aliphatic rings. The van der Waals surface area contributed by atoms with Crippen molar-refractivity contribution in [3.8, 4) is 0 Å². The molecular formula is C19H24N4O3S. The van der Waals surface area contributed by atoms with Crippen LogP contribution in [0.5, 0.6) is 0 Å². The molecule has 0 unspecified atom stereocenters. The van der Waals surface area contributed by atoms with Gasteiger partial charge in [0.05, 0.1) is 11.7 Å². The number of imide groups is 1. The lowest BCUT2D eigenvalue weighted by molar-refractivity contribution is -0.120. The maximum absolute atomic E-state index is 12.8. The lowest BCUT2D eigenvalue weighted by Crippen LogP contribution is -2.48. The van der Waals surface area contributed by atoms with Crippen LogP contribution >= 0.6 is 11.3 Å². The van der Waals surface area contributed by atoms with E-state index in [1.807, 2.05) is 0 Å². The number of hydrogen-bond acceptors (Lipinski definition) is 5. The Hall–Kier alpha value is -2.22. The third-order valence-electron chi connectivity index (χ3n) is 5.69. The molecule has 1 fully saturated rings. The summed E-state index contributed by atoms with van der Waals surface area (Å²) in [5.74, 6) is -0.0967. The Morgan fingerprint density at radius 3 is 2.89 bits per heavy atom. The normalized spacial score (nSPS) is 21.8. The molecule has 0 radical (unpaired) electrons. The van der Waals surface area contributed by atoms with Gasteiger partial charge in [0.15, 0.2) is 0 Å². The van der Waals surface area contributed by atoms with Gasteiger partial charge in [0, 0.05) is 10.9 Å². The minimum Gasteiger partial charge on any atom is -0.335 e. The third-order valence-corrected chi connectivity index (χ3v) is 6.89. The molecule has 2 heterocycles. The molecule has 2 N–H and O–H groups in total. The van der Waals surface area contributed by atoms with Crippen LogP contribution in [0.15, 0.2) is 11.1 Å². The number of rotatable bonds is 3. The quantitative estimate of drug-likeness (QED) is 0.844. The van der Waals surface area contributed by atoms with Gasteiger partial charge in [0.25, 0.3) is 5.56 Å². The maximum atomic E-state index is 12.8. The number of nitrogens with zero attached hydrogens (tertiary/aromatic N) is 2. The molecule has 0 saturated heterocycles. The summed E-state index contributed by atoms with van der Waals surface area (Å²) >= 11 is 1.57. The van der Waals surface area contributed by atoms with Crippen LogP contribution in [0.4, 0.5) is 4.79 Å². The largest absolute Gasteiger partial charge is 0.335 e. The number of hydrogen-bond donors (Lipinski definition) is 2. The van der Waals surface area contributed by atoms with E-state index in [1.165, 1.54) is 22.2 Å². The van der Waals surface area contributed by atoms with E-state index in [1.54, 1.807) is 11.3 Å². The molecule has 3 amide bonds. The van der Waals surface area contributed by atoms with Crippen LogP contribution in [-0.4, -0.2) is 27.5 Å². The number of urea groups is 1. The number of aryl methyl sites for hydroxylation is 2. The highest BCUT2D eigenvalue weighted by atomic mass is 32.1. The average molecular weight is 388 g/mol. The van der Waals surface area contributed by atoms with Crippen LogP contribution in [0.3, 0.4) is 0 Å². The summed E-state index contributed by atoms with van der Waals surface area (Å²) in [6.07, 6.45) is 8.65. The van der Waals surface area contributed by atoms with Crippen LogP contribution < -0.4 is 16.2 Å². The fourth-order valence-electron chi connectivity index (χ4n) is 4.19. The van der Waals surface area contributed by atoms with Gasteiger partial charge in [0.2, 0.25) is 5.91 Å². The van der Waals surface area contributed by atoms with Gasteiger partial charge in [-0.2, -0.15) is 0 Å². The van der Waals surface area contributed by atoms with Crippen molar-refractivity contribution >= 4 is 33.5 Å². The maximum Gasteiger partial charge on any atom is 0.321 e. The first-order valence-corrected chi connectivity index (χ1v) is 10.4. The van der Waals surface area contributed by atoms with Crippen LogP contribution in [-0.2, 0) is 24.2 Å². The van der Waals surface area contributed by atoms with Gasteiger partial charge in [-0.25, -0.2) is 9.78 Å². The second-order valence-corrected chi connectivity index (χ2v) is 8.69. The van der Waals surface area contributed by atoms with E-state index in [4.69, 9.17) is 0 Å². The van der Waals surface area contributed by atoms with Gasteiger partial charge >= 0.3 is 6.03 Å². The molecule has 4 rings (SSSR count). The van der Waals surface area contributed by atoms with Crippen molar-refractivity contribution in [1.82, 2.24) is 20.2 Å². The highest BCUT2D eigenvalue weighted by Crippen LogP contribution is 2.34. The highest BCUT2D eigenvalue weighted by molar-refractivity contribution is 7.18. The number of fused-ring (bicyclic) bond motifs is 3. The van der Waals surface area contributed by atoms with Crippen molar-refractivity contribution in [3.05, 3.63) is 27.1 Å². The molecule has 0 aromatic carbocycles. The van der Waals surface area contributed by atoms with Gasteiger partial charge < -0.3 is 5.32 Å². The molecule has 0 spiro atoms.